The van der Waals surface area contributed by atoms with Gasteiger partial charge in [0.15, 0.2) is 5.65 Å². The van der Waals surface area contributed by atoms with Crippen molar-refractivity contribution >= 4 is 17.0 Å². The van der Waals surface area contributed by atoms with Gasteiger partial charge in [0.25, 0.3) is 0 Å². The summed E-state index contributed by atoms with van der Waals surface area (Å²) in [5.41, 5.74) is 9.96. The first-order valence-electron chi connectivity index (χ1n) is 6.74. The van der Waals surface area contributed by atoms with E-state index in [-0.39, 0.29) is 6.04 Å². The van der Waals surface area contributed by atoms with Crippen LogP contribution in [0.3, 0.4) is 0 Å². The van der Waals surface area contributed by atoms with Crippen molar-refractivity contribution in [1.82, 2.24) is 20.3 Å². The highest BCUT2D eigenvalue weighted by molar-refractivity contribution is 5.72. The molecule has 4 N–H and O–H groups in total. The third-order valence-corrected chi connectivity index (χ3v) is 3.77. The van der Waals surface area contributed by atoms with Crippen molar-refractivity contribution < 1.29 is 0 Å². The van der Waals surface area contributed by atoms with E-state index in [9.17, 15) is 0 Å². The number of hydrogen-bond donors (Lipinski definition) is 3. The van der Waals surface area contributed by atoms with Gasteiger partial charge in [-0.25, -0.2) is 9.97 Å². The molecule has 0 fully saturated rings. The fourth-order valence-corrected chi connectivity index (χ4v) is 2.81. The molecule has 2 aromatic heterocycles. The van der Waals surface area contributed by atoms with E-state index in [1.54, 1.807) is 6.07 Å². The van der Waals surface area contributed by atoms with Gasteiger partial charge in [0.05, 0.1) is 11.6 Å². The Morgan fingerprint density at radius 2 is 2.00 bits per heavy atom. The standard InChI is InChI=1S/C15H15N5/c16-12-6-5-11-14(19-12)20-15(18-11)13-10-4-2-1-3-9(10)7-8-17-13/h1-6,13,17H,7-8H2,(H3,16,18,19,20). The van der Waals surface area contributed by atoms with Crippen molar-refractivity contribution in [1.29, 1.82) is 0 Å². The number of nitrogen functional groups attached to an aromatic ring is 1. The summed E-state index contributed by atoms with van der Waals surface area (Å²) in [5, 5.41) is 3.51. The van der Waals surface area contributed by atoms with Gasteiger partial charge in [-0.05, 0) is 29.7 Å². The summed E-state index contributed by atoms with van der Waals surface area (Å²) in [5.74, 6) is 1.39. The van der Waals surface area contributed by atoms with Crippen molar-refractivity contribution in [3.63, 3.8) is 0 Å². The maximum Gasteiger partial charge on any atom is 0.179 e. The minimum Gasteiger partial charge on any atom is -0.384 e. The second kappa shape index (κ2) is 4.31. The maximum atomic E-state index is 5.71. The topological polar surface area (TPSA) is 79.6 Å². The molecule has 0 aliphatic carbocycles. The largest absolute Gasteiger partial charge is 0.384 e. The van der Waals surface area contributed by atoms with Crippen molar-refractivity contribution in [3.8, 4) is 0 Å². The van der Waals surface area contributed by atoms with Crippen LogP contribution < -0.4 is 11.1 Å². The van der Waals surface area contributed by atoms with Gasteiger partial charge < -0.3 is 16.0 Å². The van der Waals surface area contributed by atoms with E-state index in [2.05, 4.69) is 44.5 Å². The maximum absolute atomic E-state index is 5.71. The van der Waals surface area contributed by atoms with Crippen LogP contribution in [-0.4, -0.2) is 21.5 Å². The molecule has 0 radical (unpaired) electrons. The van der Waals surface area contributed by atoms with Gasteiger partial charge in [-0.1, -0.05) is 24.3 Å². The lowest BCUT2D eigenvalue weighted by molar-refractivity contribution is 0.549. The SMILES string of the molecule is Nc1ccc2[nH]c(C3NCCc4ccccc43)nc2n1. The first-order chi connectivity index (χ1) is 9.81. The van der Waals surface area contributed by atoms with Crippen molar-refractivity contribution in [3.05, 3.63) is 53.3 Å². The smallest absolute Gasteiger partial charge is 0.179 e. The number of anilines is 1. The number of aromatic amines is 1. The highest BCUT2D eigenvalue weighted by atomic mass is 15.1. The van der Waals surface area contributed by atoms with E-state index in [1.165, 1.54) is 11.1 Å². The molecule has 1 aromatic carbocycles. The zero-order valence-electron chi connectivity index (χ0n) is 10.9. The monoisotopic (exact) mass is 265 g/mol. The van der Waals surface area contributed by atoms with Crippen molar-refractivity contribution in [2.24, 2.45) is 0 Å². The summed E-state index contributed by atoms with van der Waals surface area (Å²) in [6.07, 6.45) is 1.05. The third kappa shape index (κ3) is 1.75. The Labute approximate surface area is 116 Å². The molecule has 0 saturated heterocycles. The van der Waals surface area contributed by atoms with Crippen molar-refractivity contribution in [2.75, 3.05) is 12.3 Å². The fraction of sp³-hybridized carbons (Fsp3) is 0.200. The molecule has 5 heteroatoms. The van der Waals surface area contributed by atoms with Crippen LogP contribution >= 0.6 is 0 Å². The number of imidazole rings is 1. The van der Waals surface area contributed by atoms with Gasteiger partial charge in [0, 0.05) is 6.54 Å². The minimum absolute atomic E-state index is 0.0929. The van der Waals surface area contributed by atoms with Gasteiger partial charge in [-0.15, -0.1) is 0 Å². The normalized spacial score (nSPS) is 18.1. The Kier molecular flexibility index (Phi) is 2.47. The van der Waals surface area contributed by atoms with Crippen LogP contribution in [0.4, 0.5) is 5.82 Å². The highest BCUT2D eigenvalue weighted by Crippen LogP contribution is 2.28. The second-order valence-electron chi connectivity index (χ2n) is 5.07. The van der Waals surface area contributed by atoms with E-state index >= 15 is 0 Å². The molecular formula is C15H15N5. The molecule has 5 nitrogen and oxygen atoms in total. The first-order valence-corrected chi connectivity index (χ1v) is 6.74. The molecule has 1 aliphatic rings. The fourth-order valence-electron chi connectivity index (χ4n) is 2.81. The predicted octanol–water partition coefficient (Wildman–Crippen LogP) is 1.78. The molecule has 100 valence electrons. The van der Waals surface area contributed by atoms with Crippen LogP contribution in [0.1, 0.15) is 23.0 Å². The Bertz CT molecular complexity index is 777. The summed E-state index contributed by atoms with van der Waals surface area (Å²) in [7, 11) is 0. The zero-order chi connectivity index (χ0) is 13.5. The molecule has 0 amide bonds. The first kappa shape index (κ1) is 11.4. The Morgan fingerprint density at radius 3 is 2.95 bits per heavy atom. The van der Waals surface area contributed by atoms with Crippen LogP contribution in [0.15, 0.2) is 36.4 Å². The van der Waals surface area contributed by atoms with E-state index in [1.807, 2.05) is 6.07 Å². The number of H-pyrrole nitrogens is 1. The average Bonchev–Trinajstić information content (AvgIpc) is 2.89. The van der Waals surface area contributed by atoms with Gasteiger partial charge in [0.2, 0.25) is 0 Å². The number of nitrogens with zero attached hydrogens (tertiary/aromatic N) is 2. The summed E-state index contributed by atoms with van der Waals surface area (Å²) in [4.78, 5) is 12.2. The number of rotatable bonds is 1. The number of fused-ring (bicyclic) bond motifs is 2. The molecule has 0 spiro atoms. The van der Waals surface area contributed by atoms with Gasteiger partial charge >= 0.3 is 0 Å². The molecule has 3 aromatic rings. The Hall–Kier alpha value is -2.40. The molecular weight excluding hydrogens is 250 g/mol. The average molecular weight is 265 g/mol. The summed E-state index contributed by atoms with van der Waals surface area (Å²) >= 11 is 0. The Morgan fingerprint density at radius 1 is 1.10 bits per heavy atom. The van der Waals surface area contributed by atoms with Gasteiger partial charge in [0.1, 0.15) is 11.6 Å². The van der Waals surface area contributed by atoms with E-state index in [4.69, 9.17) is 5.73 Å². The summed E-state index contributed by atoms with van der Waals surface area (Å²) in [6.45, 7) is 0.953. The van der Waals surface area contributed by atoms with Crippen LogP contribution in [0.2, 0.25) is 0 Å². The molecule has 0 bridgehead atoms. The number of aromatic nitrogens is 3. The number of nitrogens with one attached hydrogen (secondary N) is 2. The highest BCUT2D eigenvalue weighted by Gasteiger charge is 2.23. The second-order valence-corrected chi connectivity index (χ2v) is 5.07. The number of hydrogen-bond acceptors (Lipinski definition) is 4. The van der Waals surface area contributed by atoms with E-state index in [0.29, 0.717) is 11.5 Å². The van der Waals surface area contributed by atoms with Crippen LogP contribution in [0, 0.1) is 0 Å². The quantitative estimate of drug-likeness (QED) is 0.626. The third-order valence-electron chi connectivity index (χ3n) is 3.77. The molecule has 1 atom stereocenters. The number of pyridine rings is 1. The van der Waals surface area contributed by atoms with Gasteiger partial charge in [-0.2, -0.15) is 0 Å². The number of benzene rings is 1. The van der Waals surface area contributed by atoms with Crippen LogP contribution in [-0.2, 0) is 6.42 Å². The molecule has 3 heterocycles. The summed E-state index contributed by atoms with van der Waals surface area (Å²) in [6, 6.07) is 12.3. The van der Waals surface area contributed by atoms with Gasteiger partial charge in [-0.3, -0.25) is 0 Å². The van der Waals surface area contributed by atoms with Crippen LogP contribution in [0.5, 0.6) is 0 Å². The predicted molar refractivity (Wildman–Crippen MR) is 78.3 cm³/mol. The molecule has 4 rings (SSSR count). The lowest BCUT2D eigenvalue weighted by atomic mass is 9.94. The minimum atomic E-state index is 0.0929. The molecule has 20 heavy (non-hydrogen) atoms. The summed E-state index contributed by atoms with van der Waals surface area (Å²) < 4.78 is 0. The molecule has 0 saturated carbocycles. The van der Waals surface area contributed by atoms with Crippen molar-refractivity contribution in [2.45, 2.75) is 12.5 Å². The lowest BCUT2D eigenvalue weighted by Crippen LogP contribution is -2.31. The lowest BCUT2D eigenvalue weighted by Gasteiger charge is -2.25. The zero-order valence-corrected chi connectivity index (χ0v) is 10.9. The molecule has 1 aliphatic heterocycles. The number of nitrogens with two attached hydrogens (primary N) is 1. The molecule has 1 unspecified atom stereocenters. The van der Waals surface area contributed by atoms with E-state index < -0.39 is 0 Å². The van der Waals surface area contributed by atoms with Crippen LogP contribution in [0.25, 0.3) is 11.2 Å². The van der Waals surface area contributed by atoms with E-state index in [0.717, 1.165) is 24.3 Å². The Balaban J connectivity index is 1.84.